The first-order chi connectivity index (χ1) is 6.75. The molecular formula is C9H9N3O2. The van der Waals surface area contributed by atoms with Crippen LogP contribution in [0.25, 0.3) is 0 Å². The maximum absolute atomic E-state index is 10.5. The third-order valence-electron chi connectivity index (χ3n) is 1.50. The number of nitrogens with one attached hydrogen (secondary N) is 1. The van der Waals surface area contributed by atoms with Gasteiger partial charge in [0.05, 0.1) is 6.54 Å². The summed E-state index contributed by atoms with van der Waals surface area (Å²) in [6.07, 6.45) is 1.38. The second-order valence-electron chi connectivity index (χ2n) is 2.41. The van der Waals surface area contributed by atoms with Gasteiger partial charge in [-0.3, -0.25) is 0 Å². The maximum Gasteiger partial charge on any atom is 0.386 e. The Kier molecular flexibility index (Phi) is 3.44. The molecule has 0 aromatic carbocycles. The molecule has 1 aromatic rings. The Morgan fingerprint density at radius 3 is 3.14 bits per heavy atom. The van der Waals surface area contributed by atoms with Crippen molar-refractivity contribution in [3.8, 4) is 11.8 Å². The van der Waals surface area contributed by atoms with Gasteiger partial charge in [-0.1, -0.05) is 5.92 Å². The van der Waals surface area contributed by atoms with E-state index in [1.54, 1.807) is 19.1 Å². The molecule has 0 fully saturated rings. The minimum absolute atomic E-state index is 0.176. The summed E-state index contributed by atoms with van der Waals surface area (Å²) >= 11 is 0. The van der Waals surface area contributed by atoms with Crippen molar-refractivity contribution in [1.29, 1.82) is 0 Å². The summed E-state index contributed by atoms with van der Waals surface area (Å²) in [4.78, 5) is 13.6. The van der Waals surface area contributed by atoms with Crippen molar-refractivity contribution >= 4 is 11.5 Å². The molecule has 0 aliphatic heterocycles. The summed E-state index contributed by atoms with van der Waals surface area (Å²) in [5, 5.41) is 13.3. The zero-order valence-corrected chi connectivity index (χ0v) is 7.65. The average molecular weight is 191 g/mol. The van der Waals surface area contributed by atoms with E-state index in [1.807, 2.05) is 0 Å². The van der Waals surface area contributed by atoms with E-state index in [9.17, 15) is 10.1 Å². The van der Waals surface area contributed by atoms with E-state index in [1.165, 1.54) is 6.20 Å². The molecule has 5 heteroatoms. The van der Waals surface area contributed by atoms with E-state index in [2.05, 4.69) is 22.1 Å². The van der Waals surface area contributed by atoms with Crippen LogP contribution in [-0.2, 0) is 0 Å². The number of nitrogens with zero attached hydrogens (tertiary/aromatic N) is 2. The van der Waals surface area contributed by atoms with E-state index in [-0.39, 0.29) is 5.82 Å². The highest BCUT2D eigenvalue weighted by molar-refractivity contribution is 5.57. The Morgan fingerprint density at radius 1 is 1.71 bits per heavy atom. The maximum atomic E-state index is 10.5. The third-order valence-corrected chi connectivity index (χ3v) is 1.50. The molecule has 0 amide bonds. The molecule has 0 saturated heterocycles. The predicted molar refractivity (Wildman–Crippen MR) is 52.8 cm³/mol. The number of hydrogen-bond donors (Lipinski definition) is 1. The lowest BCUT2D eigenvalue weighted by Crippen LogP contribution is -2.03. The van der Waals surface area contributed by atoms with Crippen LogP contribution in [-0.4, -0.2) is 16.5 Å². The molecule has 1 rings (SSSR count). The van der Waals surface area contributed by atoms with E-state index >= 15 is 0 Å². The van der Waals surface area contributed by atoms with Gasteiger partial charge >= 0.3 is 5.82 Å². The van der Waals surface area contributed by atoms with Crippen LogP contribution in [0.4, 0.5) is 11.5 Å². The lowest BCUT2D eigenvalue weighted by atomic mass is 10.4. The van der Waals surface area contributed by atoms with E-state index in [0.717, 1.165) is 0 Å². The summed E-state index contributed by atoms with van der Waals surface area (Å²) in [7, 11) is 0. The van der Waals surface area contributed by atoms with Gasteiger partial charge in [-0.15, -0.1) is 5.92 Å². The standard InChI is InChI=1S/C9H9N3O2/c1-2-3-6-10-8-5-4-7-11-9(8)12(13)14/h4-5,7,10H,6H2,1H3. The lowest BCUT2D eigenvalue weighted by Gasteiger charge is -2.01. The first-order valence-corrected chi connectivity index (χ1v) is 3.98. The molecule has 0 spiro atoms. The molecule has 72 valence electrons. The van der Waals surface area contributed by atoms with Gasteiger partial charge in [0.2, 0.25) is 0 Å². The quantitative estimate of drug-likeness (QED) is 0.445. The zero-order valence-electron chi connectivity index (χ0n) is 7.65. The first kappa shape index (κ1) is 9.99. The molecule has 0 aliphatic carbocycles. The van der Waals surface area contributed by atoms with E-state index in [4.69, 9.17) is 0 Å². The number of nitro groups is 1. The van der Waals surface area contributed by atoms with Crippen LogP contribution in [0.2, 0.25) is 0 Å². The van der Waals surface area contributed by atoms with Crippen molar-refractivity contribution in [2.75, 3.05) is 11.9 Å². The highest BCUT2D eigenvalue weighted by Crippen LogP contribution is 2.19. The van der Waals surface area contributed by atoms with Crippen LogP contribution in [0.1, 0.15) is 6.92 Å². The van der Waals surface area contributed by atoms with Crippen molar-refractivity contribution in [2.45, 2.75) is 6.92 Å². The Hall–Kier alpha value is -2.09. The second-order valence-corrected chi connectivity index (χ2v) is 2.41. The molecule has 0 atom stereocenters. The monoisotopic (exact) mass is 191 g/mol. The fourth-order valence-corrected chi connectivity index (χ4v) is 0.908. The van der Waals surface area contributed by atoms with Crippen LogP contribution in [0, 0.1) is 22.0 Å². The van der Waals surface area contributed by atoms with Gasteiger partial charge in [-0.2, -0.15) is 0 Å². The molecule has 0 bridgehead atoms. The SMILES string of the molecule is CC#CCNc1cccnc1[N+](=O)[O-]. The Balaban J connectivity index is 2.83. The van der Waals surface area contributed by atoms with Crippen molar-refractivity contribution < 1.29 is 4.92 Å². The summed E-state index contributed by atoms with van der Waals surface area (Å²) in [6.45, 7) is 2.09. The van der Waals surface area contributed by atoms with Gasteiger partial charge in [0.15, 0.2) is 0 Å². The van der Waals surface area contributed by atoms with Gasteiger partial charge in [0.25, 0.3) is 0 Å². The van der Waals surface area contributed by atoms with Crippen molar-refractivity contribution in [3.05, 3.63) is 28.4 Å². The number of rotatable bonds is 3. The third kappa shape index (κ3) is 2.45. The molecule has 0 saturated carbocycles. The van der Waals surface area contributed by atoms with Crippen LogP contribution in [0.5, 0.6) is 0 Å². The predicted octanol–water partition coefficient (Wildman–Crippen LogP) is 1.42. The fourth-order valence-electron chi connectivity index (χ4n) is 0.908. The smallest absolute Gasteiger partial charge is 0.367 e. The van der Waals surface area contributed by atoms with Crippen LogP contribution in [0.15, 0.2) is 18.3 Å². The van der Waals surface area contributed by atoms with Gasteiger partial charge in [0, 0.05) is 0 Å². The highest BCUT2D eigenvalue weighted by Gasteiger charge is 2.12. The molecule has 5 nitrogen and oxygen atoms in total. The largest absolute Gasteiger partial charge is 0.386 e. The van der Waals surface area contributed by atoms with Gasteiger partial charge in [-0.05, 0) is 29.0 Å². The molecule has 1 heterocycles. The van der Waals surface area contributed by atoms with Crippen LogP contribution in [0.3, 0.4) is 0 Å². The fraction of sp³-hybridized carbons (Fsp3) is 0.222. The lowest BCUT2D eigenvalue weighted by molar-refractivity contribution is -0.388. The number of anilines is 1. The van der Waals surface area contributed by atoms with Gasteiger partial charge < -0.3 is 15.4 Å². The summed E-state index contributed by atoms with van der Waals surface area (Å²) < 4.78 is 0. The molecule has 1 N–H and O–H groups in total. The molecule has 0 unspecified atom stereocenters. The molecule has 1 aromatic heterocycles. The topological polar surface area (TPSA) is 68.1 Å². The normalized spacial score (nSPS) is 8.64. The summed E-state index contributed by atoms with van der Waals surface area (Å²) in [5.74, 6) is 5.26. The first-order valence-electron chi connectivity index (χ1n) is 3.98. The van der Waals surface area contributed by atoms with E-state index < -0.39 is 4.92 Å². The van der Waals surface area contributed by atoms with Crippen molar-refractivity contribution in [1.82, 2.24) is 4.98 Å². The van der Waals surface area contributed by atoms with E-state index in [0.29, 0.717) is 12.2 Å². The number of hydrogen-bond acceptors (Lipinski definition) is 4. The minimum atomic E-state index is -0.526. The number of aromatic nitrogens is 1. The van der Waals surface area contributed by atoms with Crippen molar-refractivity contribution in [2.24, 2.45) is 0 Å². The summed E-state index contributed by atoms with van der Waals surface area (Å²) in [6, 6.07) is 3.23. The van der Waals surface area contributed by atoms with Gasteiger partial charge in [0.1, 0.15) is 11.9 Å². The zero-order chi connectivity index (χ0) is 10.4. The minimum Gasteiger partial charge on any atom is -0.367 e. The Bertz CT molecular complexity index is 393. The molecule has 0 radical (unpaired) electrons. The Labute approximate surface area is 81.3 Å². The molecule has 0 aliphatic rings. The number of pyridine rings is 1. The summed E-state index contributed by atoms with van der Waals surface area (Å²) in [5.41, 5.74) is 0.389. The van der Waals surface area contributed by atoms with Gasteiger partial charge in [-0.25, -0.2) is 0 Å². The average Bonchev–Trinajstić information content (AvgIpc) is 2.19. The van der Waals surface area contributed by atoms with Crippen LogP contribution < -0.4 is 5.32 Å². The molecular weight excluding hydrogens is 182 g/mol. The highest BCUT2D eigenvalue weighted by atomic mass is 16.6. The Morgan fingerprint density at radius 2 is 2.50 bits per heavy atom. The molecule has 14 heavy (non-hydrogen) atoms. The second kappa shape index (κ2) is 4.82. The van der Waals surface area contributed by atoms with Crippen LogP contribution >= 0.6 is 0 Å². The van der Waals surface area contributed by atoms with Crippen molar-refractivity contribution in [3.63, 3.8) is 0 Å².